The van der Waals surface area contributed by atoms with Crippen molar-refractivity contribution in [2.75, 3.05) is 0 Å². The monoisotopic (exact) mass is 302 g/mol. The van der Waals surface area contributed by atoms with E-state index in [1.807, 2.05) is 0 Å². The number of halogens is 1. The highest BCUT2D eigenvalue weighted by atomic mass is 35.5. The van der Waals surface area contributed by atoms with Gasteiger partial charge in [-0.2, -0.15) is 5.26 Å². The topological polar surface area (TPSA) is 83.2 Å². The van der Waals surface area contributed by atoms with Crippen LogP contribution in [0, 0.1) is 25.2 Å². The third-order valence-electron chi connectivity index (χ3n) is 2.84. The molecular formula is C15H11ClN2O3. The number of hydrogen-bond donors (Lipinski definition) is 1. The summed E-state index contributed by atoms with van der Waals surface area (Å²) in [5.41, 5.74) is 1.85. The number of carboxylic acids is 1. The van der Waals surface area contributed by atoms with Crippen molar-refractivity contribution in [1.82, 2.24) is 4.98 Å². The van der Waals surface area contributed by atoms with E-state index in [0.29, 0.717) is 22.4 Å². The first-order chi connectivity index (χ1) is 9.92. The third-order valence-corrected chi connectivity index (χ3v) is 3.06. The van der Waals surface area contributed by atoms with Gasteiger partial charge in [0.1, 0.15) is 16.5 Å². The minimum atomic E-state index is -1.15. The Kier molecular flexibility index (Phi) is 4.10. The lowest BCUT2D eigenvalue weighted by Gasteiger charge is -2.13. The molecule has 1 heterocycles. The summed E-state index contributed by atoms with van der Waals surface area (Å²) in [6, 6.07) is 8.09. The maximum Gasteiger partial charge on any atom is 0.341 e. The lowest BCUT2D eigenvalue weighted by Crippen LogP contribution is -2.03. The second kappa shape index (κ2) is 5.81. The Labute approximate surface area is 126 Å². The van der Waals surface area contributed by atoms with Crippen LogP contribution >= 0.6 is 11.6 Å². The molecule has 0 aliphatic carbocycles. The Hall–Kier alpha value is -2.58. The summed E-state index contributed by atoms with van der Waals surface area (Å²) in [7, 11) is 0. The fourth-order valence-electron chi connectivity index (χ4n) is 1.93. The van der Waals surface area contributed by atoms with Crippen LogP contribution in [0.5, 0.6) is 11.6 Å². The van der Waals surface area contributed by atoms with E-state index in [1.54, 1.807) is 26.0 Å². The largest absolute Gasteiger partial charge is 0.477 e. The molecule has 0 aliphatic rings. The summed E-state index contributed by atoms with van der Waals surface area (Å²) in [6.07, 6.45) is 0. The van der Waals surface area contributed by atoms with E-state index >= 15 is 0 Å². The molecule has 0 saturated carbocycles. The summed E-state index contributed by atoms with van der Waals surface area (Å²) in [4.78, 5) is 15.1. The lowest BCUT2D eigenvalue weighted by molar-refractivity contribution is 0.0693. The number of aromatic carboxylic acids is 1. The van der Waals surface area contributed by atoms with Gasteiger partial charge in [0.2, 0.25) is 5.88 Å². The van der Waals surface area contributed by atoms with Crippen LogP contribution in [-0.4, -0.2) is 16.1 Å². The first kappa shape index (κ1) is 14.8. The van der Waals surface area contributed by atoms with Crippen molar-refractivity contribution in [3.8, 4) is 17.7 Å². The van der Waals surface area contributed by atoms with Crippen molar-refractivity contribution in [3.63, 3.8) is 0 Å². The van der Waals surface area contributed by atoms with Crippen LogP contribution in [0.25, 0.3) is 0 Å². The van der Waals surface area contributed by atoms with E-state index in [2.05, 4.69) is 11.1 Å². The zero-order valence-electron chi connectivity index (χ0n) is 11.3. The van der Waals surface area contributed by atoms with Gasteiger partial charge in [0.25, 0.3) is 0 Å². The van der Waals surface area contributed by atoms with Gasteiger partial charge in [0.15, 0.2) is 0 Å². The number of hydrogen-bond acceptors (Lipinski definition) is 4. The Morgan fingerprint density at radius 3 is 2.48 bits per heavy atom. The smallest absolute Gasteiger partial charge is 0.341 e. The number of nitrogens with zero attached hydrogens (tertiary/aromatic N) is 2. The van der Waals surface area contributed by atoms with Crippen molar-refractivity contribution in [2.24, 2.45) is 0 Å². The fraction of sp³-hybridized carbons (Fsp3) is 0.133. The van der Waals surface area contributed by atoms with E-state index in [4.69, 9.17) is 26.7 Å². The summed E-state index contributed by atoms with van der Waals surface area (Å²) in [5, 5.41) is 18.2. The molecule has 1 N–H and O–H groups in total. The molecule has 1 aromatic heterocycles. The number of aromatic nitrogens is 1. The molecule has 0 unspecified atom stereocenters. The molecule has 0 radical (unpaired) electrons. The minimum Gasteiger partial charge on any atom is -0.477 e. The second-order valence-electron chi connectivity index (χ2n) is 4.44. The van der Waals surface area contributed by atoms with Gasteiger partial charge in [0.05, 0.1) is 11.6 Å². The van der Waals surface area contributed by atoms with Gasteiger partial charge in [-0.25, -0.2) is 9.78 Å². The van der Waals surface area contributed by atoms with E-state index in [1.165, 1.54) is 12.1 Å². The van der Waals surface area contributed by atoms with E-state index in [9.17, 15) is 4.79 Å². The predicted octanol–water partition coefficient (Wildman–Crippen LogP) is 3.71. The first-order valence-corrected chi connectivity index (χ1v) is 6.39. The van der Waals surface area contributed by atoms with Crippen LogP contribution in [0.15, 0.2) is 24.3 Å². The highest BCUT2D eigenvalue weighted by Crippen LogP contribution is 2.31. The predicted molar refractivity (Wildman–Crippen MR) is 76.9 cm³/mol. The average Bonchev–Trinajstić information content (AvgIpc) is 2.42. The zero-order chi connectivity index (χ0) is 15.6. The summed E-state index contributed by atoms with van der Waals surface area (Å²) >= 11 is 5.79. The highest BCUT2D eigenvalue weighted by Gasteiger charge is 2.16. The number of ether oxygens (including phenoxy) is 1. The van der Waals surface area contributed by atoms with Crippen LogP contribution in [0.1, 0.15) is 27.0 Å². The summed E-state index contributed by atoms with van der Waals surface area (Å²) in [6.45, 7) is 3.54. The molecule has 0 spiro atoms. The fourth-order valence-corrected chi connectivity index (χ4v) is 2.07. The summed E-state index contributed by atoms with van der Waals surface area (Å²) < 4.78 is 5.63. The summed E-state index contributed by atoms with van der Waals surface area (Å²) in [5.74, 6) is -0.768. The molecule has 6 heteroatoms. The van der Waals surface area contributed by atoms with Gasteiger partial charge >= 0.3 is 5.97 Å². The molecule has 0 fully saturated rings. The van der Waals surface area contributed by atoms with Crippen molar-refractivity contribution in [3.05, 3.63) is 51.7 Å². The molecule has 0 saturated heterocycles. The number of rotatable bonds is 3. The molecule has 5 nitrogen and oxygen atoms in total. The quantitative estimate of drug-likeness (QED) is 0.874. The molecule has 2 rings (SSSR count). The lowest BCUT2D eigenvalue weighted by atomic mass is 10.1. The Bertz CT molecular complexity index is 743. The van der Waals surface area contributed by atoms with Crippen LogP contribution in [0.2, 0.25) is 5.15 Å². The normalized spacial score (nSPS) is 10.0. The number of pyridine rings is 1. The van der Waals surface area contributed by atoms with E-state index in [0.717, 1.165) is 0 Å². The van der Waals surface area contributed by atoms with Gasteiger partial charge in [0, 0.05) is 0 Å². The third kappa shape index (κ3) is 3.12. The van der Waals surface area contributed by atoms with Crippen molar-refractivity contribution < 1.29 is 14.6 Å². The van der Waals surface area contributed by atoms with Crippen LogP contribution < -0.4 is 4.74 Å². The van der Waals surface area contributed by atoms with Crippen molar-refractivity contribution >= 4 is 17.6 Å². The second-order valence-corrected chi connectivity index (χ2v) is 4.83. The average molecular weight is 303 g/mol. The molecule has 0 atom stereocenters. The maximum absolute atomic E-state index is 11.2. The molecular weight excluding hydrogens is 292 g/mol. The molecule has 106 valence electrons. The highest BCUT2D eigenvalue weighted by molar-refractivity contribution is 6.29. The van der Waals surface area contributed by atoms with Crippen molar-refractivity contribution in [1.29, 1.82) is 5.26 Å². The Morgan fingerprint density at radius 1 is 1.33 bits per heavy atom. The molecule has 0 aliphatic heterocycles. The Morgan fingerprint density at radius 2 is 1.95 bits per heavy atom. The minimum absolute atomic E-state index is 0.0779. The number of carbonyl (C=O) groups is 1. The standard InChI is InChI=1S/C15H11ClN2O3/c1-8-5-10(7-17)6-9(2)13(8)21-14-11(15(19)20)3-4-12(16)18-14/h3-6H,1-2H3,(H,19,20). The molecule has 2 aromatic rings. The number of carboxylic acid groups (broad SMARTS) is 1. The molecule has 0 bridgehead atoms. The van der Waals surface area contributed by atoms with Crippen LogP contribution in [-0.2, 0) is 0 Å². The number of nitriles is 1. The molecule has 0 amide bonds. The maximum atomic E-state index is 11.2. The van der Waals surface area contributed by atoms with Gasteiger partial charge in [-0.05, 0) is 49.2 Å². The first-order valence-electron chi connectivity index (χ1n) is 6.01. The van der Waals surface area contributed by atoms with E-state index < -0.39 is 5.97 Å². The SMILES string of the molecule is Cc1cc(C#N)cc(C)c1Oc1nc(Cl)ccc1C(=O)O. The van der Waals surface area contributed by atoms with Gasteiger partial charge < -0.3 is 9.84 Å². The Balaban J connectivity index is 2.51. The van der Waals surface area contributed by atoms with Gasteiger partial charge in [-0.15, -0.1) is 0 Å². The van der Waals surface area contributed by atoms with Crippen molar-refractivity contribution in [2.45, 2.75) is 13.8 Å². The molecule has 21 heavy (non-hydrogen) atoms. The van der Waals surface area contributed by atoms with E-state index in [-0.39, 0.29) is 16.6 Å². The van der Waals surface area contributed by atoms with Gasteiger partial charge in [-0.1, -0.05) is 11.6 Å². The zero-order valence-corrected chi connectivity index (χ0v) is 12.1. The van der Waals surface area contributed by atoms with Crippen LogP contribution in [0.4, 0.5) is 0 Å². The van der Waals surface area contributed by atoms with Crippen LogP contribution in [0.3, 0.4) is 0 Å². The molecule has 1 aromatic carbocycles. The number of aryl methyl sites for hydroxylation is 2. The van der Waals surface area contributed by atoms with Gasteiger partial charge in [-0.3, -0.25) is 0 Å². The number of benzene rings is 1.